The number of hydrogen-bond acceptors (Lipinski definition) is 6. The minimum Gasteiger partial charge on any atom is -0.492 e. The third-order valence-electron chi connectivity index (χ3n) is 4.64. The van der Waals surface area contributed by atoms with E-state index in [1.807, 2.05) is 79.1 Å². The Balaban J connectivity index is 1.57. The molecule has 4 aromatic rings. The van der Waals surface area contributed by atoms with E-state index in [1.165, 1.54) is 11.8 Å². The van der Waals surface area contributed by atoms with Gasteiger partial charge < -0.3 is 10.1 Å². The van der Waals surface area contributed by atoms with E-state index in [0.717, 1.165) is 16.8 Å². The average Bonchev–Trinajstić information content (AvgIpc) is 3.24. The summed E-state index contributed by atoms with van der Waals surface area (Å²) < 4.78 is 7.53. The molecule has 0 bridgehead atoms. The van der Waals surface area contributed by atoms with Gasteiger partial charge in [0.1, 0.15) is 5.75 Å². The minimum atomic E-state index is -0.150. The van der Waals surface area contributed by atoms with Crippen LogP contribution < -0.4 is 10.1 Å². The lowest BCUT2D eigenvalue weighted by atomic mass is 10.2. The first kappa shape index (κ1) is 21.6. The molecule has 0 atom stereocenters. The molecule has 8 heteroatoms. The smallest absolute Gasteiger partial charge is 0.234 e. The van der Waals surface area contributed by atoms with Gasteiger partial charge in [-0.05, 0) is 50.2 Å². The van der Waals surface area contributed by atoms with Crippen molar-refractivity contribution in [2.45, 2.75) is 19.0 Å². The number of aromatic nitrogens is 4. The fourth-order valence-corrected chi connectivity index (χ4v) is 3.89. The summed E-state index contributed by atoms with van der Waals surface area (Å²) in [6.45, 7) is 4.47. The molecule has 2 heterocycles. The zero-order valence-electron chi connectivity index (χ0n) is 17.9. The van der Waals surface area contributed by atoms with Crippen molar-refractivity contribution in [3.8, 4) is 22.8 Å². The van der Waals surface area contributed by atoms with Gasteiger partial charge in [0.25, 0.3) is 0 Å². The van der Waals surface area contributed by atoms with Gasteiger partial charge in [0.15, 0.2) is 11.0 Å². The van der Waals surface area contributed by atoms with Gasteiger partial charge in [-0.2, -0.15) is 0 Å². The first-order valence-electron chi connectivity index (χ1n) is 10.2. The number of nitrogens with one attached hydrogen (secondary N) is 1. The van der Waals surface area contributed by atoms with E-state index in [4.69, 9.17) is 4.74 Å². The molecule has 0 spiro atoms. The van der Waals surface area contributed by atoms with Gasteiger partial charge in [0.05, 0.1) is 18.0 Å². The number of carbonyl (C=O) groups is 1. The van der Waals surface area contributed by atoms with Crippen LogP contribution in [0.1, 0.15) is 12.5 Å². The molecule has 0 aliphatic carbocycles. The van der Waals surface area contributed by atoms with Crippen molar-refractivity contribution >= 4 is 23.4 Å². The Hall–Kier alpha value is -3.65. The van der Waals surface area contributed by atoms with Crippen LogP contribution in [0.4, 0.5) is 5.69 Å². The Bertz CT molecular complexity index is 1190. The van der Waals surface area contributed by atoms with Gasteiger partial charge in [0.2, 0.25) is 5.91 Å². The van der Waals surface area contributed by atoms with Gasteiger partial charge in [-0.25, -0.2) is 0 Å². The Morgan fingerprint density at radius 3 is 2.62 bits per heavy atom. The number of nitrogens with zero attached hydrogens (tertiary/aromatic N) is 4. The lowest BCUT2D eigenvalue weighted by molar-refractivity contribution is -0.113. The highest BCUT2D eigenvalue weighted by molar-refractivity contribution is 7.99. The molecule has 0 aliphatic rings. The monoisotopic (exact) mass is 445 g/mol. The maximum absolute atomic E-state index is 12.7. The molecule has 7 nitrogen and oxygen atoms in total. The van der Waals surface area contributed by atoms with Gasteiger partial charge in [-0.3, -0.25) is 14.3 Å². The Labute approximate surface area is 190 Å². The molecule has 1 amide bonds. The number of aryl methyl sites for hydroxylation is 1. The molecule has 0 aliphatic heterocycles. The molecule has 1 N–H and O–H groups in total. The summed E-state index contributed by atoms with van der Waals surface area (Å²) in [6, 6.07) is 19.3. The normalized spacial score (nSPS) is 10.7. The minimum absolute atomic E-state index is 0.150. The summed E-state index contributed by atoms with van der Waals surface area (Å²) in [7, 11) is 0. The second-order valence-corrected chi connectivity index (χ2v) is 7.93. The summed E-state index contributed by atoms with van der Waals surface area (Å²) in [5, 5.41) is 12.3. The Morgan fingerprint density at radius 2 is 1.88 bits per heavy atom. The topological polar surface area (TPSA) is 81.9 Å². The summed E-state index contributed by atoms with van der Waals surface area (Å²) in [4.78, 5) is 16.9. The molecule has 0 radical (unpaired) electrons. The predicted molar refractivity (Wildman–Crippen MR) is 126 cm³/mol. The summed E-state index contributed by atoms with van der Waals surface area (Å²) in [6.07, 6.45) is 3.47. The summed E-state index contributed by atoms with van der Waals surface area (Å²) >= 11 is 1.32. The van der Waals surface area contributed by atoms with Crippen LogP contribution in [-0.4, -0.2) is 38.0 Å². The SMILES string of the molecule is CCOc1ccccc1NC(=O)CSc1nnc(-c2cccnc2)n1-c1ccc(C)cc1. The van der Waals surface area contributed by atoms with Crippen LogP contribution in [-0.2, 0) is 4.79 Å². The number of benzene rings is 2. The van der Waals surface area contributed by atoms with E-state index in [-0.39, 0.29) is 11.7 Å². The highest BCUT2D eigenvalue weighted by Gasteiger charge is 2.18. The number of anilines is 1. The molecular weight excluding hydrogens is 422 g/mol. The lowest BCUT2D eigenvalue weighted by Gasteiger charge is -2.12. The fourth-order valence-electron chi connectivity index (χ4n) is 3.14. The first-order chi connectivity index (χ1) is 15.7. The van der Waals surface area contributed by atoms with Crippen molar-refractivity contribution in [2.75, 3.05) is 17.7 Å². The standard InChI is InChI=1S/C24H23N5O2S/c1-3-31-21-9-5-4-8-20(21)26-22(30)16-32-24-28-27-23(18-7-6-14-25-15-18)29(24)19-12-10-17(2)11-13-19/h4-15H,3,16H2,1-2H3,(H,26,30). The fraction of sp³-hybridized carbons (Fsp3) is 0.167. The molecule has 32 heavy (non-hydrogen) atoms. The maximum Gasteiger partial charge on any atom is 0.234 e. The van der Waals surface area contributed by atoms with Crippen LogP contribution in [0, 0.1) is 6.92 Å². The average molecular weight is 446 g/mol. The van der Waals surface area contributed by atoms with Crippen LogP contribution in [0.2, 0.25) is 0 Å². The van der Waals surface area contributed by atoms with E-state index in [9.17, 15) is 4.79 Å². The van der Waals surface area contributed by atoms with Crippen LogP contribution in [0.25, 0.3) is 17.1 Å². The van der Waals surface area contributed by atoms with Crippen LogP contribution in [0.15, 0.2) is 78.2 Å². The number of pyridine rings is 1. The van der Waals surface area contributed by atoms with Crippen molar-refractivity contribution in [2.24, 2.45) is 0 Å². The third kappa shape index (κ3) is 4.97. The lowest BCUT2D eigenvalue weighted by Crippen LogP contribution is -2.15. The van der Waals surface area contributed by atoms with Crippen LogP contribution >= 0.6 is 11.8 Å². The first-order valence-corrected chi connectivity index (χ1v) is 11.2. The summed E-state index contributed by atoms with van der Waals surface area (Å²) in [5.41, 5.74) is 3.58. The van der Waals surface area contributed by atoms with Crippen LogP contribution in [0.5, 0.6) is 5.75 Å². The van der Waals surface area contributed by atoms with Crippen molar-refractivity contribution in [3.63, 3.8) is 0 Å². The van der Waals surface area contributed by atoms with Gasteiger partial charge in [-0.15, -0.1) is 10.2 Å². The maximum atomic E-state index is 12.7. The molecule has 4 rings (SSSR count). The molecule has 0 saturated carbocycles. The van der Waals surface area contributed by atoms with E-state index in [2.05, 4.69) is 20.5 Å². The number of carbonyl (C=O) groups excluding carboxylic acids is 1. The molecule has 0 saturated heterocycles. The number of thioether (sulfide) groups is 1. The van der Waals surface area contributed by atoms with Crippen molar-refractivity contribution < 1.29 is 9.53 Å². The van der Waals surface area contributed by atoms with Crippen molar-refractivity contribution in [1.82, 2.24) is 19.7 Å². The van der Waals surface area contributed by atoms with E-state index in [0.29, 0.717) is 29.0 Å². The molecular formula is C24H23N5O2S. The molecule has 0 fully saturated rings. The van der Waals surface area contributed by atoms with Gasteiger partial charge >= 0.3 is 0 Å². The Kier molecular flexibility index (Phi) is 6.81. The van der Waals surface area contributed by atoms with Gasteiger partial charge in [-0.1, -0.05) is 41.6 Å². The molecule has 2 aromatic heterocycles. The number of ether oxygens (including phenoxy) is 1. The number of hydrogen-bond donors (Lipinski definition) is 1. The number of rotatable bonds is 8. The highest BCUT2D eigenvalue weighted by atomic mass is 32.2. The predicted octanol–water partition coefficient (Wildman–Crippen LogP) is 4.77. The molecule has 0 unspecified atom stereocenters. The van der Waals surface area contributed by atoms with E-state index < -0.39 is 0 Å². The molecule has 162 valence electrons. The van der Waals surface area contributed by atoms with E-state index >= 15 is 0 Å². The molecule has 2 aromatic carbocycles. The zero-order valence-corrected chi connectivity index (χ0v) is 18.7. The Morgan fingerprint density at radius 1 is 1.06 bits per heavy atom. The van der Waals surface area contributed by atoms with Crippen molar-refractivity contribution in [3.05, 3.63) is 78.6 Å². The van der Waals surface area contributed by atoms with E-state index in [1.54, 1.807) is 12.4 Å². The second-order valence-electron chi connectivity index (χ2n) is 6.98. The second kappa shape index (κ2) is 10.1. The quantitative estimate of drug-likeness (QED) is 0.394. The number of para-hydroxylation sites is 2. The zero-order chi connectivity index (χ0) is 22.3. The van der Waals surface area contributed by atoms with Gasteiger partial charge in [0, 0.05) is 23.6 Å². The van der Waals surface area contributed by atoms with Crippen LogP contribution in [0.3, 0.4) is 0 Å². The van der Waals surface area contributed by atoms with Crippen molar-refractivity contribution in [1.29, 1.82) is 0 Å². The number of amides is 1. The highest BCUT2D eigenvalue weighted by Crippen LogP contribution is 2.28. The largest absolute Gasteiger partial charge is 0.492 e. The summed E-state index contributed by atoms with van der Waals surface area (Å²) in [5.74, 6) is 1.35. The third-order valence-corrected chi connectivity index (χ3v) is 5.57.